The molecule has 4 N–H and O–H groups in total. The molecule has 1 amide bonds. The molecule has 0 fully saturated rings. The van der Waals surface area contributed by atoms with Crippen LogP contribution in [0, 0.1) is 0 Å². The van der Waals surface area contributed by atoms with Crippen LogP contribution in [0.5, 0.6) is 0 Å². The highest BCUT2D eigenvalue weighted by atomic mass is 16.2. The van der Waals surface area contributed by atoms with E-state index in [-0.39, 0.29) is 12.5 Å². The molecule has 0 aliphatic carbocycles. The first-order chi connectivity index (χ1) is 5.27. The van der Waals surface area contributed by atoms with Gasteiger partial charge in [-0.3, -0.25) is 4.79 Å². The van der Waals surface area contributed by atoms with Crippen LogP contribution in [0.15, 0.2) is 0 Å². The van der Waals surface area contributed by atoms with Crippen LogP contribution < -0.4 is 11.1 Å². The van der Waals surface area contributed by atoms with E-state index in [9.17, 15) is 4.79 Å². The summed E-state index contributed by atoms with van der Waals surface area (Å²) in [6.45, 7) is 1.71. The van der Waals surface area contributed by atoms with Gasteiger partial charge in [-0.1, -0.05) is 0 Å². The van der Waals surface area contributed by atoms with Gasteiger partial charge >= 0.3 is 0 Å². The first-order valence-corrected chi connectivity index (χ1v) is 3.87. The summed E-state index contributed by atoms with van der Waals surface area (Å²) in [5.74, 6) is -0.278. The molecule has 0 radical (unpaired) electrons. The maximum Gasteiger partial charge on any atom is 0.218 e. The minimum Gasteiger partial charge on any atom is -0.396 e. The van der Waals surface area contributed by atoms with Gasteiger partial charge in [0, 0.05) is 19.6 Å². The van der Waals surface area contributed by atoms with Crippen LogP contribution in [0.1, 0.15) is 19.3 Å². The van der Waals surface area contributed by atoms with Crippen molar-refractivity contribution in [1.82, 2.24) is 5.32 Å². The predicted octanol–water partition coefficient (Wildman–Crippen LogP) is -0.776. The van der Waals surface area contributed by atoms with Crippen LogP contribution in [-0.2, 0) is 4.79 Å². The Morgan fingerprint density at radius 3 is 2.64 bits per heavy atom. The Morgan fingerprint density at radius 1 is 1.36 bits per heavy atom. The van der Waals surface area contributed by atoms with Gasteiger partial charge in [-0.25, -0.2) is 0 Å². The highest BCUT2D eigenvalue weighted by Crippen LogP contribution is 1.83. The fourth-order valence-electron chi connectivity index (χ4n) is 0.698. The number of aliphatic hydroxyl groups excluding tert-OH is 1. The molecule has 0 saturated heterocycles. The van der Waals surface area contributed by atoms with Crippen LogP contribution in [0.3, 0.4) is 0 Å². The summed E-state index contributed by atoms with van der Waals surface area (Å²) in [6.07, 6.45) is 2.14. The van der Waals surface area contributed by atoms with E-state index in [1.807, 2.05) is 0 Å². The van der Waals surface area contributed by atoms with Gasteiger partial charge < -0.3 is 16.2 Å². The maximum absolute atomic E-state index is 10.2. The molecule has 0 atom stereocenters. The van der Waals surface area contributed by atoms with E-state index in [0.717, 1.165) is 19.4 Å². The third-order valence-electron chi connectivity index (χ3n) is 1.31. The second-order valence-electron chi connectivity index (χ2n) is 2.40. The van der Waals surface area contributed by atoms with Gasteiger partial charge in [-0.05, 0) is 19.4 Å². The van der Waals surface area contributed by atoms with E-state index in [1.54, 1.807) is 0 Å². The summed E-state index contributed by atoms with van der Waals surface area (Å²) >= 11 is 0. The average Bonchev–Trinajstić information content (AvgIpc) is 1.96. The topological polar surface area (TPSA) is 75.4 Å². The van der Waals surface area contributed by atoms with Crippen LogP contribution in [0.4, 0.5) is 0 Å². The van der Waals surface area contributed by atoms with Crippen molar-refractivity contribution >= 4 is 5.91 Å². The zero-order valence-corrected chi connectivity index (χ0v) is 6.68. The van der Waals surface area contributed by atoms with Gasteiger partial charge in [0.1, 0.15) is 0 Å². The maximum atomic E-state index is 10.2. The van der Waals surface area contributed by atoms with E-state index < -0.39 is 0 Å². The molecule has 0 aliphatic rings. The highest BCUT2D eigenvalue weighted by Gasteiger charge is 1.92. The van der Waals surface area contributed by atoms with E-state index in [1.165, 1.54) is 0 Å². The molecule has 0 aromatic rings. The quantitative estimate of drug-likeness (QED) is 0.428. The molecule has 0 aromatic heterocycles. The third-order valence-corrected chi connectivity index (χ3v) is 1.31. The lowest BCUT2D eigenvalue weighted by Crippen LogP contribution is -2.22. The van der Waals surface area contributed by atoms with E-state index in [2.05, 4.69) is 5.32 Å². The van der Waals surface area contributed by atoms with Crippen molar-refractivity contribution in [2.45, 2.75) is 19.3 Å². The molecule has 0 spiro atoms. The molecule has 66 valence electrons. The van der Waals surface area contributed by atoms with E-state index in [4.69, 9.17) is 10.8 Å². The molecule has 4 heteroatoms. The summed E-state index contributed by atoms with van der Waals surface area (Å²) < 4.78 is 0. The number of primary amides is 1. The Bertz CT molecular complexity index is 107. The molecule has 0 unspecified atom stereocenters. The minimum atomic E-state index is -0.278. The number of aliphatic hydroxyl groups is 1. The Balaban J connectivity index is 2.85. The number of unbranched alkanes of at least 4 members (excludes halogenated alkanes) is 1. The van der Waals surface area contributed by atoms with Crippen molar-refractivity contribution in [2.75, 3.05) is 19.7 Å². The van der Waals surface area contributed by atoms with Crippen molar-refractivity contribution in [2.24, 2.45) is 5.73 Å². The van der Waals surface area contributed by atoms with Gasteiger partial charge in [0.25, 0.3) is 0 Å². The van der Waals surface area contributed by atoms with Gasteiger partial charge in [-0.15, -0.1) is 0 Å². The largest absolute Gasteiger partial charge is 0.396 e. The van der Waals surface area contributed by atoms with Crippen molar-refractivity contribution in [1.29, 1.82) is 0 Å². The third kappa shape index (κ3) is 9.39. The standard InChI is InChI=1S/C7H16N2O2/c8-7(11)3-5-9-4-1-2-6-10/h9-10H,1-6H2,(H2,8,11). The number of carbonyl (C=O) groups is 1. The van der Waals surface area contributed by atoms with Crippen molar-refractivity contribution in [3.63, 3.8) is 0 Å². The number of nitrogens with two attached hydrogens (primary N) is 1. The number of carbonyl (C=O) groups excluding carboxylic acids is 1. The number of amides is 1. The van der Waals surface area contributed by atoms with Crippen molar-refractivity contribution in [3.05, 3.63) is 0 Å². The average molecular weight is 160 g/mol. The van der Waals surface area contributed by atoms with Crippen LogP contribution in [0.25, 0.3) is 0 Å². The van der Waals surface area contributed by atoms with Crippen molar-refractivity contribution < 1.29 is 9.90 Å². The van der Waals surface area contributed by atoms with E-state index >= 15 is 0 Å². The second kappa shape index (κ2) is 7.50. The van der Waals surface area contributed by atoms with Gasteiger partial charge in [0.05, 0.1) is 0 Å². The second-order valence-corrected chi connectivity index (χ2v) is 2.40. The Hall–Kier alpha value is -0.610. The Kier molecular flexibility index (Phi) is 7.08. The van der Waals surface area contributed by atoms with Crippen molar-refractivity contribution in [3.8, 4) is 0 Å². The first kappa shape index (κ1) is 10.4. The molecule has 0 saturated carbocycles. The normalized spacial score (nSPS) is 9.91. The molecule has 4 nitrogen and oxygen atoms in total. The summed E-state index contributed by atoms with van der Waals surface area (Å²) in [5, 5.41) is 11.4. The minimum absolute atomic E-state index is 0.234. The van der Waals surface area contributed by atoms with Crippen LogP contribution in [0.2, 0.25) is 0 Å². The van der Waals surface area contributed by atoms with Crippen LogP contribution in [-0.4, -0.2) is 30.7 Å². The lowest BCUT2D eigenvalue weighted by molar-refractivity contribution is -0.117. The molecule has 0 heterocycles. The summed E-state index contributed by atoms with van der Waals surface area (Å²) in [5.41, 5.74) is 4.91. The highest BCUT2D eigenvalue weighted by molar-refractivity contribution is 5.73. The van der Waals surface area contributed by atoms with Gasteiger partial charge in [0.15, 0.2) is 0 Å². The predicted molar refractivity (Wildman–Crippen MR) is 43.0 cm³/mol. The number of rotatable bonds is 7. The van der Waals surface area contributed by atoms with E-state index in [0.29, 0.717) is 13.0 Å². The number of hydrogen-bond acceptors (Lipinski definition) is 3. The summed E-state index contributed by atoms with van der Waals surface area (Å²) in [4.78, 5) is 10.2. The van der Waals surface area contributed by atoms with Gasteiger partial charge in [-0.2, -0.15) is 0 Å². The fourth-order valence-corrected chi connectivity index (χ4v) is 0.698. The molecule has 0 aromatic carbocycles. The molecular weight excluding hydrogens is 144 g/mol. The SMILES string of the molecule is NC(=O)CCNCCCCO. The zero-order chi connectivity index (χ0) is 8.53. The number of nitrogens with one attached hydrogen (secondary N) is 1. The van der Waals surface area contributed by atoms with Crippen LogP contribution >= 0.6 is 0 Å². The Morgan fingerprint density at radius 2 is 2.09 bits per heavy atom. The fraction of sp³-hybridized carbons (Fsp3) is 0.857. The van der Waals surface area contributed by atoms with Gasteiger partial charge in [0.2, 0.25) is 5.91 Å². The molecule has 0 aliphatic heterocycles. The zero-order valence-electron chi connectivity index (χ0n) is 6.68. The molecule has 0 bridgehead atoms. The lowest BCUT2D eigenvalue weighted by atomic mass is 10.3. The molecule has 0 rings (SSSR count). The molecule has 11 heavy (non-hydrogen) atoms. The molecular formula is C7H16N2O2. The Labute approximate surface area is 66.8 Å². The number of hydrogen-bond donors (Lipinski definition) is 3. The monoisotopic (exact) mass is 160 g/mol. The summed E-state index contributed by atoms with van der Waals surface area (Å²) in [6, 6.07) is 0. The summed E-state index contributed by atoms with van der Waals surface area (Å²) in [7, 11) is 0. The first-order valence-electron chi connectivity index (χ1n) is 3.87. The smallest absolute Gasteiger partial charge is 0.218 e. The lowest BCUT2D eigenvalue weighted by Gasteiger charge is -2.00.